The minimum atomic E-state index is -0.128. The fourth-order valence-corrected chi connectivity index (χ4v) is 2.80. The summed E-state index contributed by atoms with van der Waals surface area (Å²) in [4.78, 5) is 2.39. The Bertz CT molecular complexity index is 417. The molecule has 1 heterocycles. The molecule has 1 aromatic carbocycles. The van der Waals surface area contributed by atoms with Gasteiger partial charge in [-0.15, -0.1) is 0 Å². The molecule has 100 valence electrons. The topological polar surface area (TPSA) is 49.5 Å². The molecule has 3 N–H and O–H groups in total. The molecule has 3 unspecified atom stereocenters. The maximum atomic E-state index is 10.0. The third-order valence-corrected chi connectivity index (χ3v) is 4.21. The van der Waals surface area contributed by atoms with Gasteiger partial charge in [0, 0.05) is 35.9 Å². The molecule has 0 bridgehead atoms. The van der Waals surface area contributed by atoms with Gasteiger partial charge in [0.15, 0.2) is 0 Å². The first-order valence-electron chi connectivity index (χ1n) is 6.86. The van der Waals surface area contributed by atoms with Crippen LogP contribution in [0.3, 0.4) is 0 Å². The van der Waals surface area contributed by atoms with E-state index in [0.29, 0.717) is 17.7 Å². The van der Waals surface area contributed by atoms with Crippen LogP contribution in [0.2, 0.25) is 0 Å². The molecule has 0 amide bonds. The van der Waals surface area contributed by atoms with Crippen molar-refractivity contribution in [3.8, 4) is 5.75 Å². The quantitative estimate of drug-likeness (QED) is 0.845. The Labute approximate surface area is 110 Å². The highest BCUT2D eigenvalue weighted by Crippen LogP contribution is 2.33. The number of nitrogens with two attached hydrogens (primary N) is 1. The molecular formula is C15H24N2O. The fraction of sp³-hybridized carbons (Fsp3) is 0.600. The lowest BCUT2D eigenvalue weighted by atomic mass is 9.91. The molecule has 0 radical (unpaired) electrons. The Morgan fingerprint density at radius 3 is 2.72 bits per heavy atom. The molecule has 2 rings (SSSR count). The van der Waals surface area contributed by atoms with Crippen LogP contribution in [0.4, 0.5) is 5.69 Å². The van der Waals surface area contributed by atoms with Gasteiger partial charge >= 0.3 is 0 Å². The highest BCUT2D eigenvalue weighted by Gasteiger charge is 2.25. The number of hydrogen-bond acceptors (Lipinski definition) is 3. The third kappa shape index (κ3) is 2.46. The number of nitrogens with zero attached hydrogens (tertiary/aromatic N) is 1. The molecule has 3 heteroatoms. The number of phenolic OH excluding ortho intramolecular Hbond substituents is 1. The zero-order valence-corrected chi connectivity index (χ0v) is 11.6. The average molecular weight is 248 g/mol. The number of hydrogen-bond donors (Lipinski definition) is 2. The van der Waals surface area contributed by atoms with Gasteiger partial charge in [0.25, 0.3) is 0 Å². The van der Waals surface area contributed by atoms with E-state index in [4.69, 9.17) is 5.73 Å². The number of phenols is 1. The van der Waals surface area contributed by atoms with Crippen LogP contribution in [0.5, 0.6) is 5.75 Å². The van der Waals surface area contributed by atoms with Gasteiger partial charge < -0.3 is 15.7 Å². The zero-order chi connectivity index (χ0) is 13.3. The monoisotopic (exact) mass is 248 g/mol. The standard InChI is InChI=1S/C15H24N2O/c1-10-5-4-8-17(12(10)3)13-6-7-14(11(2)16)15(18)9-13/h6-7,9-12,18H,4-5,8,16H2,1-3H3. The van der Waals surface area contributed by atoms with Gasteiger partial charge in [-0.3, -0.25) is 0 Å². The molecule has 1 aliphatic heterocycles. The van der Waals surface area contributed by atoms with Crippen LogP contribution in [0.25, 0.3) is 0 Å². The largest absolute Gasteiger partial charge is 0.508 e. The Morgan fingerprint density at radius 1 is 1.39 bits per heavy atom. The molecule has 0 spiro atoms. The lowest BCUT2D eigenvalue weighted by molar-refractivity contribution is 0.363. The van der Waals surface area contributed by atoms with Crippen molar-refractivity contribution in [1.29, 1.82) is 0 Å². The third-order valence-electron chi connectivity index (χ3n) is 4.21. The van der Waals surface area contributed by atoms with E-state index < -0.39 is 0 Å². The number of anilines is 1. The zero-order valence-electron chi connectivity index (χ0n) is 11.6. The fourth-order valence-electron chi connectivity index (χ4n) is 2.80. The van der Waals surface area contributed by atoms with Crippen LogP contribution >= 0.6 is 0 Å². The van der Waals surface area contributed by atoms with Crippen LogP contribution in [0.1, 0.15) is 45.2 Å². The molecule has 0 aliphatic carbocycles. The van der Waals surface area contributed by atoms with Crippen LogP contribution in [-0.2, 0) is 0 Å². The molecule has 3 nitrogen and oxygen atoms in total. The average Bonchev–Trinajstić information content (AvgIpc) is 2.32. The first kappa shape index (κ1) is 13.2. The second kappa shape index (κ2) is 5.19. The van der Waals surface area contributed by atoms with Crippen molar-refractivity contribution >= 4 is 5.69 Å². The molecule has 3 atom stereocenters. The van der Waals surface area contributed by atoms with Crippen LogP contribution < -0.4 is 10.6 Å². The Kier molecular flexibility index (Phi) is 3.81. The Hall–Kier alpha value is -1.22. The highest BCUT2D eigenvalue weighted by molar-refractivity contribution is 5.55. The van der Waals surface area contributed by atoms with E-state index >= 15 is 0 Å². The predicted octanol–water partition coefficient (Wildman–Crippen LogP) is 3.04. The summed E-state index contributed by atoms with van der Waals surface area (Å²) >= 11 is 0. The van der Waals surface area contributed by atoms with Crippen LogP contribution in [0.15, 0.2) is 18.2 Å². The van der Waals surface area contributed by atoms with Gasteiger partial charge in [-0.25, -0.2) is 0 Å². The second-order valence-corrected chi connectivity index (χ2v) is 5.59. The van der Waals surface area contributed by atoms with Crippen molar-refractivity contribution in [3.63, 3.8) is 0 Å². The van der Waals surface area contributed by atoms with E-state index in [1.165, 1.54) is 12.8 Å². The van der Waals surface area contributed by atoms with E-state index in [9.17, 15) is 5.11 Å². The van der Waals surface area contributed by atoms with Gasteiger partial charge in [-0.05, 0) is 38.7 Å². The van der Waals surface area contributed by atoms with Crippen molar-refractivity contribution in [1.82, 2.24) is 0 Å². The summed E-state index contributed by atoms with van der Waals surface area (Å²) in [5.74, 6) is 1.02. The van der Waals surface area contributed by atoms with Gasteiger partial charge in [0.05, 0.1) is 0 Å². The predicted molar refractivity (Wildman–Crippen MR) is 75.9 cm³/mol. The minimum absolute atomic E-state index is 0.128. The Balaban J connectivity index is 2.26. The lowest BCUT2D eigenvalue weighted by Crippen LogP contribution is -2.42. The number of aromatic hydroxyl groups is 1. The number of benzene rings is 1. The summed E-state index contributed by atoms with van der Waals surface area (Å²) in [6, 6.07) is 6.28. The Morgan fingerprint density at radius 2 is 2.11 bits per heavy atom. The van der Waals surface area contributed by atoms with E-state index in [1.54, 1.807) is 0 Å². The van der Waals surface area contributed by atoms with Crippen molar-refractivity contribution < 1.29 is 5.11 Å². The highest BCUT2D eigenvalue weighted by atomic mass is 16.3. The molecule has 18 heavy (non-hydrogen) atoms. The van der Waals surface area contributed by atoms with Crippen molar-refractivity contribution in [3.05, 3.63) is 23.8 Å². The summed E-state index contributed by atoms with van der Waals surface area (Å²) in [6.07, 6.45) is 2.52. The first-order chi connectivity index (χ1) is 8.50. The van der Waals surface area contributed by atoms with E-state index in [2.05, 4.69) is 24.8 Å². The molecule has 0 saturated carbocycles. The lowest BCUT2D eigenvalue weighted by Gasteiger charge is -2.39. The number of piperidine rings is 1. The van der Waals surface area contributed by atoms with Gasteiger partial charge in [-0.2, -0.15) is 0 Å². The SMILES string of the molecule is CC(N)c1ccc(N2CCCC(C)C2C)cc1O. The van der Waals surface area contributed by atoms with Crippen molar-refractivity contribution in [2.75, 3.05) is 11.4 Å². The minimum Gasteiger partial charge on any atom is -0.508 e. The second-order valence-electron chi connectivity index (χ2n) is 5.59. The summed E-state index contributed by atoms with van der Waals surface area (Å²) in [5, 5.41) is 10.0. The maximum Gasteiger partial charge on any atom is 0.122 e. The molecular weight excluding hydrogens is 224 g/mol. The van der Waals surface area contributed by atoms with E-state index in [-0.39, 0.29) is 6.04 Å². The van der Waals surface area contributed by atoms with Gasteiger partial charge in [0.1, 0.15) is 5.75 Å². The summed E-state index contributed by atoms with van der Waals surface area (Å²) in [7, 11) is 0. The maximum absolute atomic E-state index is 10.0. The number of rotatable bonds is 2. The van der Waals surface area contributed by atoms with Crippen molar-refractivity contribution in [2.24, 2.45) is 11.7 Å². The first-order valence-corrected chi connectivity index (χ1v) is 6.86. The van der Waals surface area contributed by atoms with Gasteiger partial charge in [-0.1, -0.05) is 13.0 Å². The molecule has 1 aliphatic rings. The molecule has 1 fully saturated rings. The molecule has 1 saturated heterocycles. The van der Waals surface area contributed by atoms with Gasteiger partial charge in [0.2, 0.25) is 0 Å². The van der Waals surface area contributed by atoms with E-state index in [1.807, 2.05) is 19.1 Å². The summed E-state index contributed by atoms with van der Waals surface area (Å²) < 4.78 is 0. The van der Waals surface area contributed by atoms with Crippen molar-refractivity contribution in [2.45, 2.75) is 45.7 Å². The van der Waals surface area contributed by atoms with Crippen LogP contribution in [0, 0.1) is 5.92 Å². The van der Waals surface area contributed by atoms with E-state index in [0.717, 1.165) is 17.8 Å². The molecule has 1 aromatic rings. The smallest absolute Gasteiger partial charge is 0.122 e. The summed E-state index contributed by atoms with van der Waals surface area (Å²) in [6.45, 7) is 7.52. The molecule has 0 aromatic heterocycles. The normalized spacial score (nSPS) is 26.1. The van der Waals surface area contributed by atoms with Crippen LogP contribution in [-0.4, -0.2) is 17.7 Å². The summed E-state index contributed by atoms with van der Waals surface area (Å²) in [5.41, 5.74) is 7.74.